The summed E-state index contributed by atoms with van der Waals surface area (Å²) in [6.07, 6.45) is 0. The van der Waals surface area contributed by atoms with Crippen molar-refractivity contribution >= 4 is 65.3 Å². The Balaban J connectivity index is 2.20. The van der Waals surface area contributed by atoms with E-state index in [1.165, 1.54) is 32.9 Å². The van der Waals surface area contributed by atoms with E-state index in [9.17, 15) is 0 Å². The standard InChI is InChI=1S/C20H14Br2ClN/c1-11-3-5-14-15-6-4-12(2)8-19(15)24(18(14)7-11)13-9-16(21)20(23)17(22)10-13/h3-10H,1-2H3. The van der Waals surface area contributed by atoms with Crippen LogP contribution in [0.3, 0.4) is 0 Å². The first-order valence-electron chi connectivity index (χ1n) is 7.62. The first kappa shape index (κ1) is 16.2. The molecule has 4 aromatic rings. The molecule has 4 rings (SSSR count). The number of aryl methyl sites for hydroxylation is 2. The molecular weight excluding hydrogens is 449 g/mol. The van der Waals surface area contributed by atoms with Gasteiger partial charge in [0.25, 0.3) is 0 Å². The van der Waals surface area contributed by atoms with Crippen LogP contribution in [-0.2, 0) is 0 Å². The van der Waals surface area contributed by atoms with Crippen molar-refractivity contribution in [3.8, 4) is 5.69 Å². The van der Waals surface area contributed by atoms with E-state index in [1.807, 2.05) is 0 Å². The molecule has 24 heavy (non-hydrogen) atoms. The summed E-state index contributed by atoms with van der Waals surface area (Å²) in [4.78, 5) is 0. The molecule has 1 aromatic heterocycles. The molecule has 0 saturated carbocycles. The van der Waals surface area contributed by atoms with Gasteiger partial charge in [-0.2, -0.15) is 0 Å². The first-order chi connectivity index (χ1) is 11.5. The Kier molecular flexibility index (Phi) is 3.98. The summed E-state index contributed by atoms with van der Waals surface area (Å²) in [6, 6.07) is 17.4. The second kappa shape index (κ2) is 5.91. The predicted molar refractivity (Wildman–Crippen MR) is 111 cm³/mol. The van der Waals surface area contributed by atoms with Crippen molar-refractivity contribution in [3.63, 3.8) is 0 Å². The molecule has 0 bridgehead atoms. The van der Waals surface area contributed by atoms with E-state index >= 15 is 0 Å². The molecule has 0 aliphatic carbocycles. The summed E-state index contributed by atoms with van der Waals surface area (Å²) in [7, 11) is 0. The lowest BCUT2D eigenvalue weighted by Gasteiger charge is -2.11. The van der Waals surface area contributed by atoms with Gasteiger partial charge in [-0.05, 0) is 81.1 Å². The zero-order chi connectivity index (χ0) is 17.0. The average Bonchev–Trinajstić information content (AvgIpc) is 2.84. The van der Waals surface area contributed by atoms with Crippen molar-refractivity contribution in [2.45, 2.75) is 13.8 Å². The average molecular weight is 464 g/mol. The van der Waals surface area contributed by atoms with Crippen molar-refractivity contribution in [1.82, 2.24) is 4.57 Å². The predicted octanol–water partition coefficient (Wildman–Crippen LogP) is 7.58. The highest BCUT2D eigenvalue weighted by molar-refractivity contribution is 9.11. The molecule has 1 nitrogen and oxygen atoms in total. The topological polar surface area (TPSA) is 4.93 Å². The van der Waals surface area contributed by atoms with Crippen LogP contribution >= 0.6 is 43.5 Å². The van der Waals surface area contributed by atoms with Gasteiger partial charge in [0.05, 0.1) is 16.1 Å². The lowest BCUT2D eigenvalue weighted by atomic mass is 10.1. The fourth-order valence-corrected chi connectivity index (χ4v) is 4.46. The highest BCUT2D eigenvalue weighted by Crippen LogP contribution is 2.37. The quantitative estimate of drug-likeness (QED) is 0.256. The van der Waals surface area contributed by atoms with Gasteiger partial charge in [0.1, 0.15) is 0 Å². The normalized spacial score (nSPS) is 11.5. The van der Waals surface area contributed by atoms with Gasteiger partial charge >= 0.3 is 0 Å². The van der Waals surface area contributed by atoms with Crippen molar-refractivity contribution < 1.29 is 0 Å². The van der Waals surface area contributed by atoms with Crippen molar-refractivity contribution in [2.24, 2.45) is 0 Å². The van der Waals surface area contributed by atoms with E-state index in [0.29, 0.717) is 5.02 Å². The molecule has 0 atom stereocenters. The Bertz CT molecular complexity index is 1030. The van der Waals surface area contributed by atoms with E-state index in [0.717, 1.165) is 14.6 Å². The largest absolute Gasteiger partial charge is 0.309 e. The van der Waals surface area contributed by atoms with Gasteiger partial charge in [-0.25, -0.2) is 0 Å². The van der Waals surface area contributed by atoms with Crippen LogP contribution in [0.15, 0.2) is 57.5 Å². The van der Waals surface area contributed by atoms with Crippen molar-refractivity contribution in [3.05, 3.63) is 73.6 Å². The first-order valence-corrected chi connectivity index (χ1v) is 9.58. The minimum Gasteiger partial charge on any atom is -0.309 e. The molecule has 0 unspecified atom stereocenters. The van der Waals surface area contributed by atoms with E-state index in [4.69, 9.17) is 11.6 Å². The monoisotopic (exact) mass is 461 g/mol. The number of hydrogen-bond donors (Lipinski definition) is 0. The fourth-order valence-electron chi connectivity index (χ4n) is 3.19. The molecule has 0 saturated heterocycles. The van der Waals surface area contributed by atoms with Crippen LogP contribution in [-0.4, -0.2) is 4.57 Å². The Morgan fingerprint density at radius 3 is 1.67 bits per heavy atom. The maximum Gasteiger partial charge on any atom is 0.0691 e. The smallest absolute Gasteiger partial charge is 0.0691 e. The van der Waals surface area contributed by atoms with E-state index in [-0.39, 0.29) is 0 Å². The molecule has 3 aromatic carbocycles. The molecule has 0 aliphatic heterocycles. The summed E-state index contributed by atoms with van der Waals surface area (Å²) in [5, 5.41) is 3.21. The van der Waals surface area contributed by atoms with Gasteiger partial charge in [0, 0.05) is 25.4 Å². The fraction of sp³-hybridized carbons (Fsp3) is 0.100. The summed E-state index contributed by atoms with van der Waals surface area (Å²) >= 11 is 13.4. The number of fused-ring (bicyclic) bond motifs is 3. The van der Waals surface area contributed by atoms with Gasteiger partial charge in [0.2, 0.25) is 0 Å². The number of benzene rings is 3. The van der Waals surface area contributed by atoms with Crippen LogP contribution in [0.25, 0.3) is 27.5 Å². The highest BCUT2D eigenvalue weighted by atomic mass is 79.9. The maximum atomic E-state index is 6.29. The molecule has 4 heteroatoms. The van der Waals surface area contributed by atoms with Gasteiger partial charge in [-0.15, -0.1) is 0 Å². The van der Waals surface area contributed by atoms with E-state index in [1.54, 1.807) is 0 Å². The number of halogens is 3. The zero-order valence-corrected chi connectivity index (χ0v) is 17.1. The van der Waals surface area contributed by atoms with Crippen LogP contribution in [0.5, 0.6) is 0 Å². The molecule has 0 amide bonds. The number of hydrogen-bond acceptors (Lipinski definition) is 0. The SMILES string of the molecule is Cc1ccc2c3ccc(C)cc3n(-c3cc(Br)c(Cl)c(Br)c3)c2c1. The second-order valence-electron chi connectivity index (χ2n) is 6.10. The van der Waals surface area contributed by atoms with Crippen LogP contribution in [0, 0.1) is 13.8 Å². The number of nitrogens with zero attached hydrogens (tertiary/aromatic N) is 1. The highest BCUT2D eigenvalue weighted by Gasteiger charge is 2.14. The Labute approximate surface area is 162 Å². The lowest BCUT2D eigenvalue weighted by Crippen LogP contribution is -1.95. The van der Waals surface area contributed by atoms with Crippen LogP contribution < -0.4 is 0 Å². The summed E-state index contributed by atoms with van der Waals surface area (Å²) in [5.74, 6) is 0. The Morgan fingerprint density at radius 2 is 1.21 bits per heavy atom. The van der Waals surface area contributed by atoms with Gasteiger partial charge in [-0.1, -0.05) is 35.9 Å². The number of rotatable bonds is 1. The van der Waals surface area contributed by atoms with Gasteiger partial charge in [-0.3, -0.25) is 0 Å². The third-order valence-corrected chi connectivity index (χ3v) is 6.42. The minimum atomic E-state index is 0.687. The van der Waals surface area contributed by atoms with E-state index < -0.39 is 0 Å². The summed E-state index contributed by atoms with van der Waals surface area (Å²) in [5.41, 5.74) is 5.98. The van der Waals surface area contributed by atoms with Crippen LogP contribution in [0.4, 0.5) is 0 Å². The lowest BCUT2D eigenvalue weighted by molar-refractivity contribution is 1.17. The van der Waals surface area contributed by atoms with E-state index in [2.05, 4.69) is 98.8 Å². The minimum absolute atomic E-state index is 0.687. The second-order valence-corrected chi connectivity index (χ2v) is 8.19. The molecule has 0 fully saturated rings. The third kappa shape index (κ3) is 2.50. The molecule has 0 spiro atoms. The van der Waals surface area contributed by atoms with Gasteiger partial charge < -0.3 is 4.57 Å². The molecule has 0 aliphatic rings. The Morgan fingerprint density at radius 1 is 0.750 bits per heavy atom. The van der Waals surface area contributed by atoms with Crippen LogP contribution in [0.2, 0.25) is 5.02 Å². The zero-order valence-electron chi connectivity index (χ0n) is 13.2. The summed E-state index contributed by atoms with van der Waals surface area (Å²) < 4.78 is 4.06. The molecular formula is C20H14Br2ClN. The maximum absolute atomic E-state index is 6.29. The Hall–Kier alpha value is -1.29. The molecule has 120 valence electrons. The molecule has 0 radical (unpaired) electrons. The molecule has 1 heterocycles. The van der Waals surface area contributed by atoms with Crippen molar-refractivity contribution in [1.29, 1.82) is 0 Å². The third-order valence-electron chi connectivity index (χ3n) is 4.31. The van der Waals surface area contributed by atoms with Crippen molar-refractivity contribution in [2.75, 3.05) is 0 Å². The molecule has 0 N–H and O–H groups in total. The summed E-state index contributed by atoms with van der Waals surface area (Å²) in [6.45, 7) is 4.25. The van der Waals surface area contributed by atoms with Gasteiger partial charge in [0.15, 0.2) is 0 Å². The number of aromatic nitrogens is 1. The van der Waals surface area contributed by atoms with Crippen LogP contribution in [0.1, 0.15) is 11.1 Å².